The van der Waals surface area contributed by atoms with Crippen LogP contribution in [0.4, 0.5) is 5.13 Å². The summed E-state index contributed by atoms with van der Waals surface area (Å²) in [5.74, 6) is -0.157. The van der Waals surface area contributed by atoms with Gasteiger partial charge in [-0.2, -0.15) is 10.1 Å². The van der Waals surface area contributed by atoms with Gasteiger partial charge in [0, 0.05) is 16.7 Å². The van der Waals surface area contributed by atoms with Crippen molar-refractivity contribution in [3.8, 4) is 11.3 Å². The summed E-state index contributed by atoms with van der Waals surface area (Å²) in [6.45, 7) is 5.89. The highest BCUT2D eigenvalue weighted by Crippen LogP contribution is 2.31. The van der Waals surface area contributed by atoms with Gasteiger partial charge in [-0.15, -0.1) is 11.3 Å². The van der Waals surface area contributed by atoms with Gasteiger partial charge >= 0.3 is 0 Å². The number of thiazole rings is 1. The molecule has 1 aromatic carbocycles. The number of aromatic nitrogens is 1. The van der Waals surface area contributed by atoms with Gasteiger partial charge in [-0.25, -0.2) is 4.98 Å². The van der Waals surface area contributed by atoms with Crippen molar-refractivity contribution < 1.29 is 4.79 Å². The van der Waals surface area contributed by atoms with Crippen LogP contribution in [0.3, 0.4) is 0 Å². The Morgan fingerprint density at radius 2 is 2.00 bits per heavy atom. The maximum absolute atomic E-state index is 12.1. The molecule has 0 saturated carbocycles. The third kappa shape index (κ3) is 2.49. The number of nitrogens with zero attached hydrogens (tertiary/aromatic N) is 3. The highest BCUT2D eigenvalue weighted by molar-refractivity contribution is 7.14. The number of benzene rings is 1. The van der Waals surface area contributed by atoms with E-state index in [1.54, 1.807) is 0 Å². The third-order valence-corrected chi connectivity index (χ3v) is 4.61. The van der Waals surface area contributed by atoms with Crippen LogP contribution >= 0.6 is 11.3 Å². The Hall–Kier alpha value is -2.01. The van der Waals surface area contributed by atoms with Gasteiger partial charge in [-0.1, -0.05) is 31.2 Å². The number of rotatable bonds is 3. The minimum atomic E-state index is -0.152. The molecular weight excluding hydrogens is 282 g/mol. The van der Waals surface area contributed by atoms with E-state index in [-0.39, 0.29) is 11.8 Å². The molecule has 1 aliphatic rings. The van der Waals surface area contributed by atoms with E-state index in [1.807, 2.05) is 19.2 Å². The van der Waals surface area contributed by atoms with Crippen LogP contribution in [0.15, 0.2) is 34.7 Å². The van der Waals surface area contributed by atoms with Crippen molar-refractivity contribution >= 4 is 28.1 Å². The lowest BCUT2D eigenvalue weighted by Crippen LogP contribution is -2.24. The van der Waals surface area contributed by atoms with E-state index in [9.17, 15) is 4.79 Å². The van der Waals surface area contributed by atoms with E-state index in [4.69, 9.17) is 0 Å². The zero-order chi connectivity index (χ0) is 15.0. The largest absolute Gasteiger partial charge is 0.272 e. The van der Waals surface area contributed by atoms with Gasteiger partial charge in [0.2, 0.25) is 5.13 Å². The number of carbonyl (C=O) groups excluding carboxylic acids is 1. The van der Waals surface area contributed by atoms with Crippen molar-refractivity contribution in [2.24, 2.45) is 11.0 Å². The number of carbonyl (C=O) groups is 1. The zero-order valence-corrected chi connectivity index (χ0v) is 13.1. The summed E-state index contributed by atoms with van der Waals surface area (Å²) >= 11 is 1.45. The predicted molar refractivity (Wildman–Crippen MR) is 86.7 cm³/mol. The van der Waals surface area contributed by atoms with Gasteiger partial charge in [-0.05, 0) is 25.8 Å². The molecule has 1 atom stereocenters. The Labute approximate surface area is 128 Å². The first-order chi connectivity index (χ1) is 10.1. The molecule has 0 radical (unpaired) electrons. The fourth-order valence-corrected chi connectivity index (χ4v) is 2.99. The van der Waals surface area contributed by atoms with Crippen LogP contribution < -0.4 is 5.01 Å². The lowest BCUT2D eigenvalue weighted by molar-refractivity contribution is -0.119. The summed E-state index contributed by atoms with van der Waals surface area (Å²) in [6.07, 6.45) is 1.02. The summed E-state index contributed by atoms with van der Waals surface area (Å²) in [4.78, 5) is 16.7. The van der Waals surface area contributed by atoms with Gasteiger partial charge < -0.3 is 0 Å². The van der Waals surface area contributed by atoms with E-state index >= 15 is 0 Å². The zero-order valence-electron chi connectivity index (χ0n) is 12.3. The third-order valence-electron chi connectivity index (χ3n) is 3.79. The summed E-state index contributed by atoms with van der Waals surface area (Å²) in [5.41, 5.74) is 4.09. The second kappa shape index (κ2) is 5.41. The normalized spacial score (nSPS) is 18.2. The first-order valence-corrected chi connectivity index (χ1v) is 7.92. The molecule has 2 aromatic rings. The lowest BCUT2D eigenvalue weighted by atomic mass is 10.1. The number of anilines is 1. The van der Waals surface area contributed by atoms with Crippen molar-refractivity contribution in [2.45, 2.75) is 27.2 Å². The first-order valence-electron chi connectivity index (χ1n) is 7.04. The fraction of sp³-hybridized carbons (Fsp3) is 0.312. The molecule has 0 aliphatic carbocycles. The molecule has 0 fully saturated rings. The quantitative estimate of drug-likeness (QED) is 0.867. The molecule has 0 bridgehead atoms. The first kappa shape index (κ1) is 13.9. The highest BCUT2D eigenvalue weighted by Gasteiger charge is 2.32. The molecule has 1 amide bonds. The van der Waals surface area contributed by atoms with Crippen LogP contribution in [0.25, 0.3) is 11.3 Å². The molecule has 2 heterocycles. The van der Waals surface area contributed by atoms with Gasteiger partial charge in [0.05, 0.1) is 11.6 Å². The van der Waals surface area contributed by atoms with E-state index in [2.05, 4.69) is 41.3 Å². The number of hydrazone groups is 1. The number of hydrogen-bond acceptors (Lipinski definition) is 4. The molecule has 21 heavy (non-hydrogen) atoms. The van der Waals surface area contributed by atoms with Gasteiger partial charge in [0.15, 0.2) is 0 Å². The van der Waals surface area contributed by atoms with Gasteiger partial charge in [-0.3, -0.25) is 4.79 Å². The topological polar surface area (TPSA) is 45.6 Å². The molecule has 1 aliphatic heterocycles. The lowest BCUT2D eigenvalue weighted by Gasteiger charge is -2.08. The van der Waals surface area contributed by atoms with E-state index in [1.165, 1.54) is 21.9 Å². The average Bonchev–Trinajstić information content (AvgIpc) is 3.08. The Kier molecular flexibility index (Phi) is 3.59. The van der Waals surface area contributed by atoms with Crippen LogP contribution in [0.5, 0.6) is 0 Å². The number of amides is 1. The minimum absolute atomic E-state index is 0.00488. The van der Waals surface area contributed by atoms with E-state index < -0.39 is 0 Å². The van der Waals surface area contributed by atoms with Gasteiger partial charge in [0.25, 0.3) is 5.91 Å². The Bertz CT molecular complexity index is 703. The molecule has 108 valence electrons. The Morgan fingerprint density at radius 1 is 1.29 bits per heavy atom. The SMILES string of the molecule is CCc1ccc(-c2csc(N3N=C(C)C(C)C3=O)n2)cc1. The monoisotopic (exact) mass is 299 g/mol. The van der Waals surface area contributed by atoms with Gasteiger partial charge in [0.1, 0.15) is 0 Å². The smallest absolute Gasteiger partial charge is 0.258 e. The second-order valence-electron chi connectivity index (χ2n) is 5.18. The van der Waals surface area contributed by atoms with Crippen LogP contribution in [0.1, 0.15) is 26.3 Å². The van der Waals surface area contributed by atoms with Crippen LogP contribution in [-0.4, -0.2) is 16.6 Å². The van der Waals surface area contributed by atoms with Crippen molar-refractivity contribution in [1.82, 2.24) is 4.98 Å². The highest BCUT2D eigenvalue weighted by atomic mass is 32.1. The molecule has 1 unspecified atom stereocenters. The molecule has 0 spiro atoms. The summed E-state index contributed by atoms with van der Waals surface area (Å²) < 4.78 is 0. The van der Waals surface area contributed by atoms with E-state index in [0.717, 1.165) is 23.4 Å². The maximum atomic E-state index is 12.1. The number of aryl methyl sites for hydroxylation is 1. The molecule has 0 saturated heterocycles. The summed E-state index contributed by atoms with van der Waals surface area (Å²) in [5, 5.41) is 8.34. The molecule has 4 nitrogen and oxygen atoms in total. The predicted octanol–water partition coefficient (Wildman–Crippen LogP) is 3.73. The summed E-state index contributed by atoms with van der Waals surface area (Å²) in [7, 11) is 0. The molecule has 5 heteroatoms. The van der Waals surface area contributed by atoms with Crippen molar-refractivity contribution in [3.63, 3.8) is 0 Å². The molecule has 3 rings (SSSR count). The van der Waals surface area contributed by atoms with Crippen LogP contribution in [0, 0.1) is 5.92 Å². The summed E-state index contributed by atoms with van der Waals surface area (Å²) in [6, 6.07) is 8.36. The minimum Gasteiger partial charge on any atom is -0.272 e. The van der Waals surface area contributed by atoms with Crippen LogP contribution in [0.2, 0.25) is 0 Å². The number of hydrogen-bond donors (Lipinski definition) is 0. The Morgan fingerprint density at radius 3 is 2.57 bits per heavy atom. The average molecular weight is 299 g/mol. The van der Waals surface area contributed by atoms with Crippen LogP contribution in [-0.2, 0) is 11.2 Å². The Balaban J connectivity index is 1.88. The fourth-order valence-electron chi connectivity index (χ4n) is 2.20. The van der Waals surface area contributed by atoms with E-state index in [0.29, 0.717) is 5.13 Å². The van der Waals surface area contributed by atoms with Crippen molar-refractivity contribution in [2.75, 3.05) is 5.01 Å². The standard InChI is InChI=1S/C16H17N3OS/c1-4-12-5-7-13(8-6-12)14-9-21-16(17-14)19-15(20)10(2)11(3)18-19/h5-10H,4H2,1-3H3. The maximum Gasteiger partial charge on any atom is 0.258 e. The van der Waals surface area contributed by atoms with Crippen molar-refractivity contribution in [1.29, 1.82) is 0 Å². The molecule has 0 N–H and O–H groups in total. The van der Waals surface area contributed by atoms with Crippen molar-refractivity contribution in [3.05, 3.63) is 35.2 Å². The molecule has 1 aromatic heterocycles. The second-order valence-corrected chi connectivity index (χ2v) is 6.02. The molecular formula is C16H17N3OS.